The average molecular weight is 360 g/mol. The second-order valence-corrected chi connectivity index (χ2v) is 4.99. The van der Waals surface area contributed by atoms with Gasteiger partial charge in [0.25, 0.3) is 5.91 Å². The first-order valence-corrected chi connectivity index (χ1v) is 7.09. The van der Waals surface area contributed by atoms with Crippen LogP contribution in [-0.4, -0.2) is 55.1 Å². The van der Waals surface area contributed by atoms with Gasteiger partial charge in [0.15, 0.2) is 0 Å². The zero-order chi connectivity index (χ0) is 18.6. The number of aliphatic hydroxyl groups excluding tert-OH is 1. The molecule has 1 aliphatic heterocycles. The lowest BCUT2D eigenvalue weighted by molar-refractivity contribution is -0.274. The Kier molecular flexibility index (Phi) is 5.52. The minimum atomic E-state index is -4.80. The van der Waals surface area contributed by atoms with E-state index in [0.717, 1.165) is 19.2 Å². The maximum Gasteiger partial charge on any atom is 0.573 e. The van der Waals surface area contributed by atoms with E-state index >= 15 is 0 Å². The van der Waals surface area contributed by atoms with Crippen molar-refractivity contribution in [2.24, 2.45) is 0 Å². The third-order valence-electron chi connectivity index (χ3n) is 3.31. The molecule has 2 N–H and O–H groups in total. The first-order chi connectivity index (χ1) is 11.7. The fourth-order valence-electron chi connectivity index (χ4n) is 2.23. The van der Waals surface area contributed by atoms with E-state index in [1.165, 1.54) is 17.0 Å². The highest BCUT2D eigenvalue weighted by molar-refractivity contribution is 6.08. The Hall–Kier alpha value is -2.75. The standard InChI is InChI=1S/C15H15F3N2O5/c1-24-14(23)11-8-20(6-7-21)13(22)12(11)19-9-2-4-10(5-3-9)25-15(16,17)18/h2-5,19,21H,6-8H2,1H3. The van der Waals surface area contributed by atoms with Gasteiger partial charge in [-0.15, -0.1) is 13.2 Å². The van der Waals surface area contributed by atoms with Crippen LogP contribution in [0.2, 0.25) is 0 Å². The van der Waals surface area contributed by atoms with Gasteiger partial charge in [0.05, 0.1) is 25.8 Å². The van der Waals surface area contributed by atoms with Crippen molar-refractivity contribution >= 4 is 17.6 Å². The maximum absolute atomic E-state index is 12.3. The van der Waals surface area contributed by atoms with Crippen LogP contribution in [0.3, 0.4) is 0 Å². The van der Waals surface area contributed by atoms with Crippen molar-refractivity contribution in [3.8, 4) is 5.75 Å². The fourth-order valence-corrected chi connectivity index (χ4v) is 2.23. The van der Waals surface area contributed by atoms with E-state index in [4.69, 9.17) is 5.11 Å². The summed E-state index contributed by atoms with van der Waals surface area (Å²) in [6.45, 7) is -0.288. The molecule has 0 saturated carbocycles. The molecule has 0 unspecified atom stereocenters. The van der Waals surface area contributed by atoms with Crippen molar-refractivity contribution < 1.29 is 37.3 Å². The second-order valence-electron chi connectivity index (χ2n) is 4.99. The van der Waals surface area contributed by atoms with Gasteiger partial charge in [0, 0.05) is 12.2 Å². The van der Waals surface area contributed by atoms with Gasteiger partial charge in [-0.3, -0.25) is 4.79 Å². The van der Waals surface area contributed by atoms with Crippen molar-refractivity contribution in [1.82, 2.24) is 4.90 Å². The summed E-state index contributed by atoms with van der Waals surface area (Å²) in [4.78, 5) is 25.4. The Morgan fingerprint density at radius 1 is 1.32 bits per heavy atom. The highest BCUT2D eigenvalue weighted by atomic mass is 19.4. The SMILES string of the molecule is COC(=O)C1=C(Nc2ccc(OC(F)(F)F)cc2)C(=O)N(CCO)C1. The predicted octanol–water partition coefficient (Wildman–Crippen LogP) is 1.26. The van der Waals surface area contributed by atoms with Crippen LogP contribution in [0, 0.1) is 0 Å². The highest BCUT2D eigenvalue weighted by Crippen LogP contribution is 2.26. The number of hydrogen-bond acceptors (Lipinski definition) is 6. The number of anilines is 1. The number of carbonyl (C=O) groups is 2. The molecule has 25 heavy (non-hydrogen) atoms. The number of hydrogen-bond donors (Lipinski definition) is 2. The molecular weight excluding hydrogens is 345 g/mol. The normalized spacial score (nSPS) is 14.8. The third kappa shape index (κ3) is 4.63. The number of aliphatic hydroxyl groups is 1. The van der Waals surface area contributed by atoms with Gasteiger partial charge in [0.1, 0.15) is 11.4 Å². The number of alkyl halides is 3. The van der Waals surface area contributed by atoms with E-state index in [1.807, 2.05) is 0 Å². The lowest BCUT2D eigenvalue weighted by Crippen LogP contribution is -2.31. The summed E-state index contributed by atoms with van der Waals surface area (Å²) >= 11 is 0. The van der Waals surface area contributed by atoms with Crippen molar-refractivity contribution in [2.75, 3.05) is 32.1 Å². The van der Waals surface area contributed by atoms with E-state index in [0.29, 0.717) is 0 Å². The van der Waals surface area contributed by atoms with Crippen LogP contribution in [0.5, 0.6) is 5.75 Å². The molecule has 2 rings (SSSR count). The molecule has 136 valence electrons. The molecule has 1 aliphatic rings. The van der Waals surface area contributed by atoms with Gasteiger partial charge in [-0.1, -0.05) is 0 Å². The van der Waals surface area contributed by atoms with Crippen molar-refractivity contribution in [3.63, 3.8) is 0 Å². The van der Waals surface area contributed by atoms with Crippen molar-refractivity contribution in [1.29, 1.82) is 0 Å². The van der Waals surface area contributed by atoms with E-state index in [2.05, 4.69) is 14.8 Å². The summed E-state index contributed by atoms with van der Waals surface area (Å²) in [7, 11) is 1.16. The molecule has 0 bridgehead atoms. The van der Waals surface area contributed by atoms with Crippen LogP contribution in [0.4, 0.5) is 18.9 Å². The molecule has 0 saturated heterocycles. The minimum absolute atomic E-state index is 0.0306. The summed E-state index contributed by atoms with van der Waals surface area (Å²) in [5.41, 5.74) is 0.298. The first-order valence-electron chi connectivity index (χ1n) is 7.09. The third-order valence-corrected chi connectivity index (χ3v) is 3.31. The molecular formula is C15H15F3N2O5. The number of β-amino-alcohol motifs (C(OH)–C–C–N with tert-alkyl or cyclic N) is 1. The zero-order valence-electron chi connectivity index (χ0n) is 13.1. The van der Waals surface area contributed by atoms with Crippen LogP contribution in [-0.2, 0) is 14.3 Å². The van der Waals surface area contributed by atoms with Crippen LogP contribution < -0.4 is 10.1 Å². The molecule has 0 spiro atoms. The fraction of sp³-hybridized carbons (Fsp3) is 0.333. The predicted molar refractivity (Wildman–Crippen MR) is 79.5 cm³/mol. The Morgan fingerprint density at radius 3 is 2.48 bits per heavy atom. The molecule has 10 heteroatoms. The Morgan fingerprint density at radius 2 is 1.96 bits per heavy atom. The topological polar surface area (TPSA) is 88.1 Å². The molecule has 0 fully saturated rings. The largest absolute Gasteiger partial charge is 0.573 e. The minimum Gasteiger partial charge on any atom is -0.466 e. The van der Waals surface area contributed by atoms with Crippen LogP contribution in [0.1, 0.15) is 0 Å². The molecule has 1 aromatic carbocycles. The number of nitrogens with one attached hydrogen (secondary N) is 1. The molecule has 7 nitrogen and oxygen atoms in total. The van der Waals surface area contributed by atoms with Crippen molar-refractivity contribution in [2.45, 2.75) is 6.36 Å². The summed E-state index contributed by atoms with van der Waals surface area (Å²) in [6, 6.07) is 4.67. The summed E-state index contributed by atoms with van der Waals surface area (Å²) < 4.78 is 44.8. The number of methoxy groups -OCH3 is 1. The van der Waals surface area contributed by atoms with Gasteiger partial charge >= 0.3 is 12.3 Å². The van der Waals surface area contributed by atoms with E-state index in [-0.39, 0.29) is 36.7 Å². The molecule has 1 aromatic rings. The lowest BCUT2D eigenvalue weighted by atomic mass is 10.2. The van der Waals surface area contributed by atoms with Crippen LogP contribution >= 0.6 is 0 Å². The lowest BCUT2D eigenvalue weighted by Gasteiger charge is -2.15. The number of halogens is 3. The number of rotatable bonds is 6. The van der Waals surface area contributed by atoms with Crippen molar-refractivity contribution in [3.05, 3.63) is 35.5 Å². The Balaban J connectivity index is 2.20. The average Bonchev–Trinajstić information content (AvgIpc) is 2.84. The van der Waals surface area contributed by atoms with Crippen LogP contribution in [0.15, 0.2) is 35.5 Å². The first kappa shape index (κ1) is 18.6. The summed E-state index contributed by atoms with van der Waals surface area (Å²) in [5.74, 6) is -1.65. The van der Waals surface area contributed by atoms with Gasteiger partial charge in [0.2, 0.25) is 0 Å². The Bertz CT molecular complexity index is 685. The molecule has 0 radical (unpaired) electrons. The van der Waals surface area contributed by atoms with E-state index < -0.39 is 24.0 Å². The summed E-state index contributed by atoms with van der Waals surface area (Å²) in [6.07, 6.45) is -4.80. The zero-order valence-corrected chi connectivity index (χ0v) is 13.1. The maximum atomic E-state index is 12.3. The second kappa shape index (κ2) is 7.43. The molecule has 1 amide bonds. The Labute approximate surface area is 140 Å². The van der Waals surface area contributed by atoms with Gasteiger partial charge in [-0.05, 0) is 24.3 Å². The molecule has 0 aromatic heterocycles. The van der Waals surface area contributed by atoms with Gasteiger partial charge in [-0.25, -0.2) is 4.79 Å². The van der Waals surface area contributed by atoms with Crippen LogP contribution in [0.25, 0.3) is 0 Å². The molecule has 1 heterocycles. The number of amides is 1. The number of esters is 1. The smallest absolute Gasteiger partial charge is 0.466 e. The van der Waals surface area contributed by atoms with Gasteiger partial charge < -0.3 is 24.8 Å². The summed E-state index contributed by atoms with van der Waals surface area (Å²) in [5, 5.41) is 11.7. The van der Waals surface area contributed by atoms with E-state index in [9.17, 15) is 22.8 Å². The molecule has 0 aliphatic carbocycles. The quantitative estimate of drug-likeness (QED) is 0.743. The number of nitrogens with zero attached hydrogens (tertiary/aromatic N) is 1. The molecule has 0 atom stereocenters. The highest BCUT2D eigenvalue weighted by Gasteiger charge is 2.34. The van der Waals surface area contributed by atoms with Gasteiger partial charge in [-0.2, -0.15) is 0 Å². The number of ether oxygens (including phenoxy) is 2. The number of carbonyl (C=O) groups excluding carboxylic acids is 2. The van der Waals surface area contributed by atoms with E-state index in [1.54, 1.807) is 0 Å². The number of benzene rings is 1. The monoisotopic (exact) mass is 360 g/mol.